The Morgan fingerprint density at radius 1 is 1.02 bits per heavy atom. The number of benzene rings is 1. The van der Waals surface area contributed by atoms with Gasteiger partial charge in [-0.25, -0.2) is 14.3 Å². The molecule has 5 rings (SSSR count). The van der Waals surface area contributed by atoms with Crippen LogP contribution in [0.25, 0.3) is 0 Å². The number of nitrogens with zero attached hydrogens (tertiary/aromatic N) is 2. The van der Waals surface area contributed by atoms with Gasteiger partial charge >= 0.3 is 27.7 Å². The predicted molar refractivity (Wildman–Crippen MR) is 174 cm³/mol. The van der Waals surface area contributed by atoms with Crippen LogP contribution >= 0.6 is 0 Å². The Morgan fingerprint density at radius 2 is 1.69 bits per heavy atom. The highest BCUT2D eigenvalue weighted by Crippen LogP contribution is 2.46. The highest BCUT2D eigenvalue weighted by atomic mass is 32.2. The number of hydrogen-bond donors (Lipinski definition) is 3. The van der Waals surface area contributed by atoms with E-state index in [2.05, 4.69) is 10.6 Å². The number of halogens is 3. The molecule has 1 saturated carbocycles. The minimum Gasteiger partial charge on any atom is -0.444 e. The number of sulfonamides is 1. The van der Waals surface area contributed by atoms with Crippen LogP contribution in [0.4, 0.5) is 22.8 Å². The van der Waals surface area contributed by atoms with E-state index in [1.807, 2.05) is 24.3 Å². The number of rotatable bonds is 4. The summed E-state index contributed by atoms with van der Waals surface area (Å²) in [5, 5.41) is 5.03. The van der Waals surface area contributed by atoms with Crippen molar-refractivity contribution in [3.05, 3.63) is 47.5 Å². The highest BCUT2D eigenvalue weighted by Gasteiger charge is 2.63. The van der Waals surface area contributed by atoms with Crippen molar-refractivity contribution in [1.82, 2.24) is 25.2 Å². The third kappa shape index (κ3) is 8.76. The van der Waals surface area contributed by atoms with E-state index >= 15 is 0 Å². The van der Waals surface area contributed by atoms with Gasteiger partial charge < -0.3 is 25.0 Å². The lowest BCUT2D eigenvalue weighted by Crippen LogP contribution is -2.59. The standard InChI is InChI=1S/C33H42F3N5O9S/c1-31(2,3)50-29(45)37-24-14-8-6-4-5-7-13-22-16-32(22,28(44)39-51(47,48)33(34,35)36)38-26(42)25-15-23(19-41(25)27(24)43)49-30(46)40-17-20-11-9-10-12-21(20)18-40/h7,9-13,22-25H,4-6,8,14-19H2,1-3H3,(H,37,45)(H,38,42)(H,39,44)/b13-7-/t22-,23-,24+,25+,32-/m1/s1. The number of alkyl halides is 3. The SMILES string of the molecule is CC(C)(C)OC(=O)N[C@H]1CCCCC/C=C\[C@@H]2C[C@@]2(C(=O)NS(=O)(=O)C(F)(F)F)NC(=O)[C@@H]2C[C@@H](OC(=O)N3Cc4ccccc4C3)CN2C1=O. The number of carbonyl (C=O) groups is 5. The largest absolute Gasteiger partial charge is 0.516 e. The van der Waals surface area contributed by atoms with Crippen molar-refractivity contribution in [3.8, 4) is 0 Å². The molecule has 280 valence electrons. The quantitative estimate of drug-likeness (QED) is 0.390. The van der Waals surface area contributed by atoms with E-state index in [0.717, 1.165) is 20.7 Å². The van der Waals surface area contributed by atoms with Gasteiger partial charge in [0.15, 0.2) is 0 Å². The zero-order valence-electron chi connectivity index (χ0n) is 28.5. The van der Waals surface area contributed by atoms with E-state index in [0.29, 0.717) is 25.7 Å². The average molecular weight is 742 g/mol. The molecule has 0 bridgehead atoms. The summed E-state index contributed by atoms with van der Waals surface area (Å²) in [6.45, 7) is 5.23. The predicted octanol–water partition coefficient (Wildman–Crippen LogP) is 3.36. The maximum Gasteiger partial charge on any atom is 0.516 e. The van der Waals surface area contributed by atoms with E-state index in [9.17, 15) is 45.6 Å². The molecule has 3 heterocycles. The third-order valence-electron chi connectivity index (χ3n) is 9.23. The summed E-state index contributed by atoms with van der Waals surface area (Å²) in [7, 11) is -6.10. The van der Waals surface area contributed by atoms with Gasteiger partial charge in [-0.1, -0.05) is 49.3 Å². The summed E-state index contributed by atoms with van der Waals surface area (Å²) in [6, 6.07) is 4.86. The first-order chi connectivity index (χ1) is 23.8. The maximum atomic E-state index is 14.2. The zero-order chi connectivity index (χ0) is 37.4. The summed E-state index contributed by atoms with van der Waals surface area (Å²) >= 11 is 0. The van der Waals surface area contributed by atoms with Crippen molar-refractivity contribution in [2.45, 2.75) is 114 Å². The molecule has 0 unspecified atom stereocenters. The smallest absolute Gasteiger partial charge is 0.444 e. The first-order valence-electron chi connectivity index (χ1n) is 16.7. The first kappa shape index (κ1) is 37.9. The Kier molecular flexibility index (Phi) is 10.7. The van der Waals surface area contributed by atoms with E-state index in [1.54, 1.807) is 32.9 Å². The summed E-state index contributed by atoms with van der Waals surface area (Å²) in [4.78, 5) is 70.0. The van der Waals surface area contributed by atoms with Gasteiger partial charge in [0.25, 0.3) is 5.91 Å². The second-order valence-corrected chi connectivity index (χ2v) is 16.0. The molecule has 1 aromatic rings. The lowest BCUT2D eigenvalue weighted by Gasteiger charge is -2.30. The molecule has 0 spiro atoms. The molecule has 51 heavy (non-hydrogen) atoms. The monoisotopic (exact) mass is 741 g/mol. The minimum absolute atomic E-state index is 0.174. The number of ether oxygens (including phenoxy) is 2. The van der Waals surface area contributed by atoms with Gasteiger partial charge in [0.1, 0.15) is 29.3 Å². The van der Waals surface area contributed by atoms with Crippen LogP contribution in [0.15, 0.2) is 36.4 Å². The zero-order valence-corrected chi connectivity index (χ0v) is 29.3. The van der Waals surface area contributed by atoms with E-state index in [4.69, 9.17) is 9.47 Å². The molecule has 0 radical (unpaired) electrons. The molecular formula is C33H42F3N5O9S. The summed E-state index contributed by atoms with van der Waals surface area (Å²) in [6.07, 6.45) is 2.58. The third-order valence-corrected chi connectivity index (χ3v) is 10.3. The number of carbonyl (C=O) groups excluding carboxylic acids is 5. The van der Waals surface area contributed by atoms with Crippen LogP contribution in [0.3, 0.4) is 0 Å². The van der Waals surface area contributed by atoms with Gasteiger partial charge in [0, 0.05) is 25.4 Å². The van der Waals surface area contributed by atoms with Crippen LogP contribution in [0.5, 0.6) is 0 Å². The van der Waals surface area contributed by atoms with Gasteiger partial charge in [-0.15, -0.1) is 0 Å². The Morgan fingerprint density at radius 3 is 2.31 bits per heavy atom. The average Bonchev–Trinajstić information content (AvgIpc) is 3.33. The van der Waals surface area contributed by atoms with Crippen LogP contribution < -0.4 is 15.4 Å². The van der Waals surface area contributed by atoms with Crippen LogP contribution in [0.2, 0.25) is 0 Å². The van der Waals surface area contributed by atoms with Crippen LogP contribution in [0, 0.1) is 5.92 Å². The van der Waals surface area contributed by atoms with E-state index in [1.165, 1.54) is 4.90 Å². The van der Waals surface area contributed by atoms with Crippen molar-refractivity contribution in [2.24, 2.45) is 5.92 Å². The van der Waals surface area contributed by atoms with Gasteiger partial charge in [0.05, 0.1) is 6.54 Å². The number of nitrogens with one attached hydrogen (secondary N) is 3. The Labute approximate surface area is 293 Å². The van der Waals surface area contributed by atoms with Crippen LogP contribution in [0.1, 0.15) is 76.8 Å². The molecule has 18 heteroatoms. The second kappa shape index (κ2) is 14.3. The molecule has 0 aromatic heterocycles. The fraction of sp³-hybridized carbons (Fsp3) is 0.606. The van der Waals surface area contributed by atoms with Crippen molar-refractivity contribution in [1.29, 1.82) is 0 Å². The normalized spacial score (nSPS) is 27.8. The molecule has 1 aliphatic carbocycles. The maximum absolute atomic E-state index is 14.2. The molecule has 4 aliphatic rings. The van der Waals surface area contributed by atoms with Gasteiger partial charge in [0.2, 0.25) is 11.8 Å². The molecule has 3 aliphatic heterocycles. The Balaban J connectivity index is 1.42. The Hall–Kier alpha value is -4.35. The molecule has 3 N–H and O–H groups in total. The lowest BCUT2D eigenvalue weighted by molar-refractivity contribution is -0.141. The van der Waals surface area contributed by atoms with Crippen molar-refractivity contribution in [2.75, 3.05) is 6.54 Å². The number of fused-ring (bicyclic) bond motifs is 3. The number of alkyl carbamates (subject to hydrolysis) is 1. The Bertz CT molecular complexity index is 1670. The lowest BCUT2D eigenvalue weighted by atomic mass is 10.0. The van der Waals surface area contributed by atoms with Crippen LogP contribution in [-0.4, -0.2) is 89.5 Å². The molecule has 5 amide bonds. The van der Waals surface area contributed by atoms with Crippen molar-refractivity contribution < 1.29 is 55.0 Å². The first-order valence-corrected chi connectivity index (χ1v) is 18.2. The second-order valence-electron chi connectivity index (χ2n) is 14.3. The van der Waals surface area contributed by atoms with Gasteiger partial charge in [-0.3, -0.25) is 19.3 Å². The highest BCUT2D eigenvalue weighted by molar-refractivity contribution is 7.90. The summed E-state index contributed by atoms with van der Waals surface area (Å²) < 4.78 is 75.5. The van der Waals surface area contributed by atoms with E-state index in [-0.39, 0.29) is 38.9 Å². The molecule has 2 fully saturated rings. The molecule has 14 nitrogen and oxygen atoms in total. The molecule has 1 aromatic carbocycles. The molecular weight excluding hydrogens is 699 g/mol. The fourth-order valence-electron chi connectivity index (χ4n) is 6.57. The van der Waals surface area contributed by atoms with E-state index < -0.39 is 80.7 Å². The fourth-order valence-corrected chi connectivity index (χ4v) is 7.11. The molecule has 5 atom stereocenters. The number of hydrogen-bond acceptors (Lipinski definition) is 9. The van der Waals surface area contributed by atoms with Crippen molar-refractivity contribution in [3.63, 3.8) is 0 Å². The van der Waals surface area contributed by atoms with Gasteiger partial charge in [-0.05, 0) is 57.6 Å². The topological polar surface area (TPSA) is 181 Å². The summed E-state index contributed by atoms with van der Waals surface area (Å²) in [5.41, 5.74) is -6.88. The molecule has 1 saturated heterocycles. The minimum atomic E-state index is -6.10. The number of allylic oxidation sites excluding steroid dienone is 1. The van der Waals surface area contributed by atoms with Crippen LogP contribution in [-0.2, 0) is 47.0 Å². The summed E-state index contributed by atoms with van der Waals surface area (Å²) in [5.74, 6) is -4.10. The van der Waals surface area contributed by atoms with Crippen molar-refractivity contribution >= 4 is 39.9 Å². The van der Waals surface area contributed by atoms with Gasteiger partial charge in [-0.2, -0.15) is 21.6 Å². The number of amides is 5.